The fraction of sp³-hybridized carbons (Fsp3) is 0.160. The molecule has 0 heterocycles. The topological polar surface area (TPSA) is 106 Å². The lowest BCUT2D eigenvalue weighted by Crippen LogP contribution is -2.40. The lowest BCUT2D eigenvalue weighted by Gasteiger charge is -2.09. The van der Waals surface area contributed by atoms with Crippen LogP contribution in [0, 0.1) is 0 Å². The molecule has 0 fully saturated rings. The number of amides is 4. The van der Waals surface area contributed by atoms with Crippen LogP contribution in [-0.4, -0.2) is 38.6 Å². The molecular weight excluding hydrogens is 422 g/mol. The zero-order valence-electron chi connectivity index (χ0n) is 18.4. The molecule has 0 aliphatic heterocycles. The van der Waals surface area contributed by atoms with Gasteiger partial charge in [0.25, 0.3) is 11.8 Å². The van der Waals surface area contributed by atoms with Gasteiger partial charge in [-0.1, -0.05) is 12.1 Å². The van der Waals surface area contributed by atoms with Crippen LogP contribution in [0.1, 0.15) is 26.3 Å². The highest BCUT2D eigenvalue weighted by Crippen LogP contribution is 2.16. The second-order valence-electron chi connectivity index (χ2n) is 7.07. The standard InChI is InChI=1S/C25H25N3O5/c1-32-21-11-3-17(4-12-21)15-16-26-25(31)28-24(30)19-7-5-18(6-8-19)23(29)27-20-9-13-22(33-2)14-10-20/h3-14H,15-16H2,1-2H3,(H,27,29)(H2,26,28,30,31). The molecule has 3 aromatic carbocycles. The van der Waals surface area contributed by atoms with Gasteiger partial charge in [0, 0.05) is 23.4 Å². The molecule has 0 radical (unpaired) electrons. The minimum atomic E-state index is -0.588. The number of rotatable bonds is 8. The summed E-state index contributed by atoms with van der Waals surface area (Å²) in [5, 5.41) is 7.70. The molecular formula is C25H25N3O5. The van der Waals surface area contributed by atoms with Crippen molar-refractivity contribution in [3.8, 4) is 11.5 Å². The van der Waals surface area contributed by atoms with E-state index in [1.54, 1.807) is 38.5 Å². The number of urea groups is 1. The smallest absolute Gasteiger partial charge is 0.321 e. The van der Waals surface area contributed by atoms with Gasteiger partial charge in [0.05, 0.1) is 14.2 Å². The van der Waals surface area contributed by atoms with Crippen molar-refractivity contribution in [1.82, 2.24) is 10.6 Å². The van der Waals surface area contributed by atoms with Crippen LogP contribution in [0.25, 0.3) is 0 Å². The molecule has 0 aliphatic rings. The van der Waals surface area contributed by atoms with E-state index in [2.05, 4.69) is 16.0 Å². The van der Waals surface area contributed by atoms with Crippen molar-refractivity contribution in [1.29, 1.82) is 0 Å². The molecule has 3 rings (SSSR count). The maximum Gasteiger partial charge on any atom is 0.321 e. The minimum Gasteiger partial charge on any atom is -0.497 e. The molecule has 3 N–H and O–H groups in total. The molecule has 0 aliphatic carbocycles. The van der Waals surface area contributed by atoms with Crippen LogP contribution in [0.5, 0.6) is 11.5 Å². The van der Waals surface area contributed by atoms with Gasteiger partial charge in [-0.3, -0.25) is 14.9 Å². The Balaban J connectivity index is 1.46. The maximum atomic E-state index is 12.4. The largest absolute Gasteiger partial charge is 0.497 e. The molecule has 170 valence electrons. The van der Waals surface area contributed by atoms with Gasteiger partial charge >= 0.3 is 6.03 Å². The molecule has 0 saturated heterocycles. The molecule has 0 bridgehead atoms. The van der Waals surface area contributed by atoms with Crippen LogP contribution >= 0.6 is 0 Å². The number of imide groups is 1. The fourth-order valence-electron chi connectivity index (χ4n) is 2.98. The zero-order chi connectivity index (χ0) is 23.6. The summed E-state index contributed by atoms with van der Waals surface area (Å²) in [6, 6.07) is 19.9. The number of nitrogens with one attached hydrogen (secondary N) is 3. The molecule has 4 amide bonds. The number of methoxy groups -OCH3 is 2. The van der Waals surface area contributed by atoms with Gasteiger partial charge in [0.2, 0.25) is 0 Å². The third kappa shape index (κ3) is 6.83. The predicted molar refractivity (Wildman–Crippen MR) is 125 cm³/mol. The van der Waals surface area contributed by atoms with E-state index in [1.807, 2.05) is 24.3 Å². The highest BCUT2D eigenvalue weighted by molar-refractivity contribution is 6.07. The summed E-state index contributed by atoms with van der Waals surface area (Å²) >= 11 is 0. The van der Waals surface area contributed by atoms with Crippen LogP contribution in [0.3, 0.4) is 0 Å². The van der Waals surface area contributed by atoms with Gasteiger partial charge in [0.1, 0.15) is 11.5 Å². The van der Waals surface area contributed by atoms with Gasteiger partial charge in [0.15, 0.2) is 0 Å². The Morgan fingerprint density at radius 2 is 1.21 bits per heavy atom. The highest BCUT2D eigenvalue weighted by atomic mass is 16.5. The third-order valence-corrected chi connectivity index (χ3v) is 4.84. The Labute approximate surface area is 191 Å². The molecule has 0 atom stereocenters. The van der Waals surface area contributed by atoms with E-state index in [4.69, 9.17) is 9.47 Å². The SMILES string of the molecule is COc1ccc(CCNC(=O)NC(=O)c2ccc(C(=O)Nc3ccc(OC)cc3)cc2)cc1. The number of carbonyl (C=O) groups excluding carboxylic acids is 3. The first-order valence-electron chi connectivity index (χ1n) is 10.3. The van der Waals surface area contributed by atoms with Crippen molar-refractivity contribution >= 4 is 23.5 Å². The van der Waals surface area contributed by atoms with Crippen molar-refractivity contribution in [2.75, 3.05) is 26.1 Å². The van der Waals surface area contributed by atoms with Gasteiger partial charge in [-0.25, -0.2) is 4.79 Å². The second kappa shape index (κ2) is 11.3. The monoisotopic (exact) mass is 447 g/mol. The summed E-state index contributed by atoms with van der Waals surface area (Å²) in [5.74, 6) is 0.579. The summed E-state index contributed by atoms with van der Waals surface area (Å²) in [7, 11) is 3.17. The number of hydrogen-bond donors (Lipinski definition) is 3. The number of hydrogen-bond acceptors (Lipinski definition) is 5. The maximum absolute atomic E-state index is 12.4. The van der Waals surface area contributed by atoms with E-state index in [-0.39, 0.29) is 11.5 Å². The lowest BCUT2D eigenvalue weighted by molar-refractivity contribution is 0.0961. The third-order valence-electron chi connectivity index (χ3n) is 4.84. The predicted octanol–water partition coefficient (Wildman–Crippen LogP) is 3.64. The lowest BCUT2D eigenvalue weighted by atomic mass is 10.1. The van der Waals surface area contributed by atoms with Crippen molar-refractivity contribution in [3.63, 3.8) is 0 Å². The Morgan fingerprint density at radius 3 is 1.76 bits per heavy atom. The number of carbonyl (C=O) groups is 3. The molecule has 0 unspecified atom stereocenters. The number of ether oxygens (including phenoxy) is 2. The van der Waals surface area contributed by atoms with E-state index in [9.17, 15) is 14.4 Å². The molecule has 8 heteroatoms. The average Bonchev–Trinajstić information content (AvgIpc) is 2.85. The molecule has 0 saturated carbocycles. The van der Waals surface area contributed by atoms with Gasteiger partial charge in [-0.15, -0.1) is 0 Å². The number of anilines is 1. The van der Waals surface area contributed by atoms with Crippen LogP contribution in [-0.2, 0) is 6.42 Å². The van der Waals surface area contributed by atoms with Crippen molar-refractivity contribution in [2.24, 2.45) is 0 Å². The van der Waals surface area contributed by atoms with Crippen molar-refractivity contribution in [2.45, 2.75) is 6.42 Å². The Kier molecular flexibility index (Phi) is 8.02. The second-order valence-corrected chi connectivity index (χ2v) is 7.07. The fourth-order valence-corrected chi connectivity index (χ4v) is 2.98. The van der Waals surface area contributed by atoms with E-state index < -0.39 is 11.9 Å². The van der Waals surface area contributed by atoms with Crippen molar-refractivity contribution < 1.29 is 23.9 Å². The first-order chi connectivity index (χ1) is 16.0. The zero-order valence-corrected chi connectivity index (χ0v) is 18.4. The summed E-state index contributed by atoms with van der Waals surface area (Å²) < 4.78 is 10.2. The van der Waals surface area contributed by atoms with Crippen LogP contribution in [0.15, 0.2) is 72.8 Å². The van der Waals surface area contributed by atoms with Crippen LogP contribution < -0.4 is 25.4 Å². The van der Waals surface area contributed by atoms with E-state index in [0.717, 1.165) is 11.3 Å². The quantitative estimate of drug-likeness (QED) is 0.489. The van der Waals surface area contributed by atoms with Crippen molar-refractivity contribution in [3.05, 3.63) is 89.5 Å². The first-order valence-corrected chi connectivity index (χ1v) is 10.3. The Morgan fingerprint density at radius 1 is 0.697 bits per heavy atom. The molecule has 33 heavy (non-hydrogen) atoms. The highest BCUT2D eigenvalue weighted by Gasteiger charge is 2.12. The van der Waals surface area contributed by atoms with Gasteiger partial charge in [-0.05, 0) is 72.6 Å². The van der Waals surface area contributed by atoms with Crippen LogP contribution in [0.4, 0.5) is 10.5 Å². The summed E-state index contributed by atoms with van der Waals surface area (Å²) in [4.78, 5) is 36.7. The first kappa shape index (κ1) is 23.3. The summed E-state index contributed by atoms with van der Waals surface area (Å²) in [6.45, 7) is 0.371. The molecule has 8 nitrogen and oxygen atoms in total. The number of benzene rings is 3. The van der Waals surface area contributed by atoms with E-state index in [1.165, 1.54) is 24.3 Å². The average molecular weight is 447 g/mol. The van der Waals surface area contributed by atoms with Gasteiger partial charge < -0.3 is 20.1 Å². The molecule has 0 spiro atoms. The minimum absolute atomic E-state index is 0.265. The summed E-state index contributed by atoms with van der Waals surface area (Å²) in [5.41, 5.74) is 2.30. The molecule has 3 aromatic rings. The van der Waals surface area contributed by atoms with Gasteiger partial charge in [-0.2, -0.15) is 0 Å². The van der Waals surface area contributed by atoms with E-state index in [0.29, 0.717) is 30.0 Å². The normalized spacial score (nSPS) is 10.1. The van der Waals surface area contributed by atoms with E-state index >= 15 is 0 Å². The van der Waals surface area contributed by atoms with Crippen LogP contribution in [0.2, 0.25) is 0 Å². The Hall–Kier alpha value is -4.33. The Bertz CT molecular complexity index is 1090. The molecule has 0 aromatic heterocycles. The summed E-state index contributed by atoms with van der Waals surface area (Å²) in [6.07, 6.45) is 0.615.